The molecule has 25 heavy (non-hydrogen) atoms. The number of rotatable bonds is 8. The van der Waals surface area contributed by atoms with Crippen LogP contribution in [0.15, 0.2) is 24.3 Å². The zero-order valence-electron chi connectivity index (χ0n) is 14.9. The Kier molecular flexibility index (Phi) is 5.58. The number of piperidine rings is 1. The minimum Gasteiger partial charge on any atom is -0.406 e. The molecule has 0 bridgehead atoms. The van der Waals surface area contributed by atoms with Crippen LogP contribution in [0.25, 0.3) is 0 Å². The molecule has 0 aromatic heterocycles. The van der Waals surface area contributed by atoms with Gasteiger partial charge >= 0.3 is 6.36 Å². The summed E-state index contributed by atoms with van der Waals surface area (Å²) in [6.45, 7) is 9.67. The lowest BCUT2D eigenvalue weighted by Gasteiger charge is -2.22. The van der Waals surface area contributed by atoms with Crippen LogP contribution < -0.4 is 10.1 Å². The van der Waals surface area contributed by atoms with Gasteiger partial charge in [0, 0.05) is 26.2 Å². The van der Waals surface area contributed by atoms with Crippen LogP contribution in [0.2, 0.25) is 0 Å². The van der Waals surface area contributed by atoms with Crippen molar-refractivity contribution in [3.05, 3.63) is 29.8 Å². The Bertz CT molecular complexity index is 566. The lowest BCUT2D eigenvalue weighted by Crippen LogP contribution is -2.31. The number of likely N-dealkylation sites (tertiary alicyclic amines) is 1. The van der Waals surface area contributed by atoms with Gasteiger partial charge in [0.1, 0.15) is 5.75 Å². The highest BCUT2D eigenvalue weighted by Crippen LogP contribution is 2.51. The van der Waals surface area contributed by atoms with Crippen LogP contribution in [0, 0.1) is 23.7 Å². The summed E-state index contributed by atoms with van der Waals surface area (Å²) >= 11 is 0. The Morgan fingerprint density at radius 1 is 1.28 bits per heavy atom. The fourth-order valence-corrected chi connectivity index (χ4v) is 3.99. The van der Waals surface area contributed by atoms with Gasteiger partial charge in [-0.25, -0.2) is 0 Å². The van der Waals surface area contributed by atoms with E-state index in [9.17, 15) is 13.2 Å². The maximum Gasteiger partial charge on any atom is 0.573 e. The molecule has 3 rings (SSSR count). The van der Waals surface area contributed by atoms with Crippen LogP contribution in [-0.4, -0.2) is 37.4 Å². The number of fused-ring (bicyclic) bond motifs is 1. The maximum atomic E-state index is 12.3. The summed E-state index contributed by atoms with van der Waals surface area (Å²) in [4.78, 5) is 2.58. The van der Waals surface area contributed by atoms with Gasteiger partial charge in [-0.1, -0.05) is 32.4 Å². The van der Waals surface area contributed by atoms with Crippen LogP contribution in [-0.2, 0) is 6.54 Å². The molecule has 0 spiro atoms. The van der Waals surface area contributed by atoms with Gasteiger partial charge in [0.15, 0.2) is 0 Å². The molecule has 1 aromatic carbocycles. The van der Waals surface area contributed by atoms with Crippen LogP contribution in [0.3, 0.4) is 0 Å². The summed E-state index contributed by atoms with van der Waals surface area (Å²) in [6.07, 6.45) is -3.41. The van der Waals surface area contributed by atoms with Crippen molar-refractivity contribution >= 4 is 0 Å². The van der Waals surface area contributed by atoms with E-state index in [1.54, 1.807) is 6.07 Å². The number of nitrogens with zero attached hydrogens (tertiary/aromatic N) is 1. The summed E-state index contributed by atoms with van der Waals surface area (Å²) in [5.74, 6) is 2.94. The van der Waals surface area contributed by atoms with Gasteiger partial charge < -0.3 is 15.0 Å². The highest BCUT2D eigenvalue weighted by atomic mass is 19.4. The quantitative estimate of drug-likeness (QED) is 0.765. The first kappa shape index (κ1) is 18.5. The van der Waals surface area contributed by atoms with Gasteiger partial charge in [-0.2, -0.15) is 0 Å². The van der Waals surface area contributed by atoms with E-state index < -0.39 is 6.36 Å². The molecule has 6 heteroatoms. The maximum absolute atomic E-state index is 12.3. The van der Waals surface area contributed by atoms with Crippen molar-refractivity contribution < 1.29 is 17.9 Å². The van der Waals surface area contributed by atoms with Crippen LogP contribution in [0.5, 0.6) is 5.75 Å². The van der Waals surface area contributed by atoms with Gasteiger partial charge in [-0.05, 0) is 47.9 Å². The standard InChI is InChI=1S/C19H27F3N2O/c1-3-13(2)10-24-11-17-16(18(17)12-24)9-23-8-14-5-4-6-15(7-14)25-19(20,21)22/h4-7,13,16-18,23H,3,8-12H2,1-2H3. The topological polar surface area (TPSA) is 24.5 Å². The van der Waals surface area contributed by atoms with Gasteiger partial charge in [-0.3, -0.25) is 0 Å². The summed E-state index contributed by atoms with van der Waals surface area (Å²) in [7, 11) is 0. The van der Waals surface area contributed by atoms with Crippen molar-refractivity contribution in [2.24, 2.45) is 23.7 Å². The summed E-state index contributed by atoms with van der Waals surface area (Å²) in [5.41, 5.74) is 0.811. The molecule has 1 saturated carbocycles. The van der Waals surface area contributed by atoms with Crippen molar-refractivity contribution in [3.63, 3.8) is 0 Å². The second kappa shape index (κ2) is 7.54. The van der Waals surface area contributed by atoms with Crippen LogP contribution in [0.1, 0.15) is 25.8 Å². The number of ether oxygens (including phenoxy) is 1. The normalized spacial score (nSPS) is 27.2. The van der Waals surface area contributed by atoms with E-state index >= 15 is 0 Å². The van der Waals surface area contributed by atoms with E-state index in [2.05, 4.69) is 28.8 Å². The average molecular weight is 356 g/mol. The molecule has 2 fully saturated rings. The molecule has 0 radical (unpaired) electrons. The number of nitrogens with one attached hydrogen (secondary N) is 1. The first-order valence-corrected chi connectivity index (χ1v) is 9.13. The van der Waals surface area contributed by atoms with E-state index in [1.165, 1.54) is 38.2 Å². The first-order valence-electron chi connectivity index (χ1n) is 9.13. The monoisotopic (exact) mass is 356 g/mol. The molecule has 1 saturated heterocycles. The van der Waals surface area contributed by atoms with Gasteiger partial charge in [0.2, 0.25) is 0 Å². The predicted octanol–water partition coefficient (Wildman–Crippen LogP) is 3.90. The second-order valence-corrected chi connectivity index (χ2v) is 7.55. The second-order valence-electron chi connectivity index (χ2n) is 7.55. The Balaban J connectivity index is 1.37. The minimum absolute atomic E-state index is 0.157. The highest BCUT2D eigenvalue weighted by Gasteiger charge is 2.54. The van der Waals surface area contributed by atoms with E-state index in [0.29, 0.717) is 6.54 Å². The van der Waals surface area contributed by atoms with Crippen molar-refractivity contribution in [2.75, 3.05) is 26.2 Å². The lowest BCUT2D eigenvalue weighted by molar-refractivity contribution is -0.274. The van der Waals surface area contributed by atoms with Crippen LogP contribution in [0.4, 0.5) is 13.2 Å². The highest BCUT2D eigenvalue weighted by molar-refractivity contribution is 5.28. The first-order chi connectivity index (χ1) is 11.9. The van der Waals surface area contributed by atoms with Crippen molar-refractivity contribution in [1.29, 1.82) is 0 Å². The van der Waals surface area contributed by atoms with E-state index in [4.69, 9.17) is 0 Å². The molecule has 1 N–H and O–H groups in total. The Labute approximate surface area is 147 Å². The Morgan fingerprint density at radius 2 is 2.00 bits per heavy atom. The average Bonchev–Trinajstić information content (AvgIpc) is 2.99. The number of hydrogen-bond donors (Lipinski definition) is 1. The van der Waals surface area contributed by atoms with Crippen LogP contribution >= 0.6 is 0 Å². The lowest BCUT2D eigenvalue weighted by atomic mass is 10.1. The third-order valence-corrected chi connectivity index (χ3v) is 5.55. The zero-order chi connectivity index (χ0) is 18.0. The molecular weight excluding hydrogens is 329 g/mol. The van der Waals surface area contributed by atoms with Crippen molar-refractivity contribution in [1.82, 2.24) is 10.2 Å². The number of halogens is 3. The van der Waals surface area contributed by atoms with Gasteiger partial charge in [-0.15, -0.1) is 13.2 Å². The third-order valence-electron chi connectivity index (χ3n) is 5.55. The fraction of sp³-hybridized carbons (Fsp3) is 0.684. The van der Waals surface area contributed by atoms with E-state index in [0.717, 1.165) is 35.8 Å². The molecule has 3 atom stereocenters. The van der Waals surface area contributed by atoms with Crippen molar-refractivity contribution in [2.45, 2.75) is 33.2 Å². The predicted molar refractivity (Wildman–Crippen MR) is 91.2 cm³/mol. The van der Waals surface area contributed by atoms with E-state index in [-0.39, 0.29) is 5.75 Å². The molecule has 1 aromatic rings. The molecular formula is C19H27F3N2O. The molecule has 3 unspecified atom stereocenters. The number of benzene rings is 1. The Hall–Kier alpha value is -1.27. The SMILES string of the molecule is CCC(C)CN1CC2C(CNCc3cccc(OC(F)(F)F)c3)C2C1. The van der Waals surface area contributed by atoms with Gasteiger partial charge in [0.25, 0.3) is 0 Å². The summed E-state index contributed by atoms with van der Waals surface area (Å²) in [5, 5.41) is 3.39. The summed E-state index contributed by atoms with van der Waals surface area (Å²) in [6, 6.07) is 6.19. The molecule has 0 amide bonds. The van der Waals surface area contributed by atoms with E-state index in [1.807, 2.05) is 6.07 Å². The molecule has 140 valence electrons. The fourth-order valence-electron chi connectivity index (χ4n) is 3.99. The Morgan fingerprint density at radius 3 is 2.64 bits per heavy atom. The summed E-state index contributed by atoms with van der Waals surface area (Å²) < 4.78 is 40.7. The minimum atomic E-state index is -4.64. The van der Waals surface area contributed by atoms with Crippen molar-refractivity contribution in [3.8, 4) is 5.75 Å². The molecule has 1 aliphatic heterocycles. The zero-order valence-corrected chi connectivity index (χ0v) is 14.9. The molecule has 1 aliphatic carbocycles. The molecule has 1 heterocycles. The largest absolute Gasteiger partial charge is 0.573 e. The number of alkyl halides is 3. The number of hydrogen-bond acceptors (Lipinski definition) is 3. The molecule has 2 aliphatic rings. The van der Waals surface area contributed by atoms with Gasteiger partial charge in [0.05, 0.1) is 0 Å². The molecule has 3 nitrogen and oxygen atoms in total. The third kappa shape index (κ3) is 5.11. The smallest absolute Gasteiger partial charge is 0.406 e.